The summed E-state index contributed by atoms with van der Waals surface area (Å²) in [5.41, 5.74) is 0. The molecule has 1 heterocycles. The number of aliphatic hydroxyl groups excluding tert-OH is 2. The molecular weight excluding hydrogens is 256 g/mol. The lowest BCUT2D eigenvalue weighted by Gasteiger charge is -2.44. The number of ether oxygens (including phenoxy) is 2. The molecule has 0 unspecified atom stereocenters. The first-order valence-corrected chi connectivity index (χ1v) is 5.92. The molecule has 1 rings (SSSR count). The van der Waals surface area contributed by atoms with Crippen molar-refractivity contribution in [2.75, 3.05) is 13.7 Å². The van der Waals surface area contributed by atoms with E-state index in [4.69, 9.17) is 14.6 Å². The Morgan fingerprint density at radius 3 is 2.16 bits per heavy atom. The van der Waals surface area contributed by atoms with E-state index in [2.05, 4.69) is 10.6 Å². The van der Waals surface area contributed by atoms with E-state index in [1.807, 2.05) is 0 Å². The van der Waals surface area contributed by atoms with Gasteiger partial charge in [0.25, 0.3) is 0 Å². The molecule has 0 bridgehead atoms. The number of hydrogen-bond acceptors (Lipinski definition) is 6. The summed E-state index contributed by atoms with van der Waals surface area (Å²) in [5, 5.41) is 24.3. The van der Waals surface area contributed by atoms with Crippen LogP contribution in [0.15, 0.2) is 0 Å². The van der Waals surface area contributed by atoms with Gasteiger partial charge in [0.05, 0.1) is 12.6 Å². The van der Waals surface area contributed by atoms with Crippen molar-refractivity contribution in [2.45, 2.75) is 44.4 Å². The molecule has 0 saturated carbocycles. The molecule has 8 heteroatoms. The maximum atomic E-state index is 11.2. The lowest BCUT2D eigenvalue weighted by Crippen LogP contribution is -2.69. The van der Waals surface area contributed by atoms with Crippen LogP contribution in [0.5, 0.6) is 0 Å². The molecule has 1 aliphatic heterocycles. The quantitative estimate of drug-likeness (QED) is 0.459. The summed E-state index contributed by atoms with van der Waals surface area (Å²) in [6.45, 7) is 2.18. The van der Waals surface area contributed by atoms with Crippen LogP contribution in [0, 0.1) is 0 Å². The third-order valence-electron chi connectivity index (χ3n) is 2.89. The molecule has 1 saturated heterocycles. The van der Waals surface area contributed by atoms with Crippen molar-refractivity contribution in [1.29, 1.82) is 0 Å². The van der Waals surface area contributed by atoms with E-state index >= 15 is 0 Å². The largest absolute Gasteiger partial charge is 0.394 e. The summed E-state index contributed by atoms with van der Waals surface area (Å²) >= 11 is 0. The van der Waals surface area contributed by atoms with E-state index in [9.17, 15) is 14.7 Å². The van der Waals surface area contributed by atoms with Gasteiger partial charge < -0.3 is 30.3 Å². The van der Waals surface area contributed by atoms with E-state index in [-0.39, 0.29) is 11.8 Å². The number of hydrogen-bond donors (Lipinski definition) is 4. The number of carbonyl (C=O) groups is 2. The Morgan fingerprint density at radius 1 is 1.21 bits per heavy atom. The molecule has 19 heavy (non-hydrogen) atoms. The minimum absolute atomic E-state index is 0.347. The van der Waals surface area contributed by atoms with Gasteiger partial charge in [-0.25, -0.2) is 0 Å². The Morgan fingerprint density at radius 2 is 1.74 bits per heavy atom. The van der Waals surface area contributed by atoms with Crippen molar-refractivity contribution in [3.8, 4) is 0 Å². The van der Waals surface area contributed by atoms with E-state index in [0.29, 0.717) is 0 Å². The number of nitrogens with one attached hydrogen (secondary N) is 2. The maximum Gasteiger partial charge on any atom is 0.217 e. The molecule has 0 aromatic carbocycles. The van der Waals surface area contributed by atoms with Gasteiger partial charge in [0.15, 0.2) is 6.29 Å². The van der Waals surface area contributed by atoms with Crippen molar-refractivity contribution < 1.29 is 29.3 Å². The highest BCUT2D eigenvalue weighted by atomic mass is 16.7. The van der Waals surface area contributed by atoms with Crippen molar-refractivity contribution in [3.63, 3.8) is 0 Å². The molecule has 0 aromatic heterocycles. The molecule has 4 N–H and O–H groups in total. The summed E-state index contributed by atoms with van der Waals surface area (Å²) in [6.07, 6.45) is -2.93. The Bertz CT molecular complexity index is 337. The number of rotatable bonds is 4. The van der Waals surface area contributed by atoms with Gasteiger partial charge in [-0.15, -0.1) is 0 Å². The first-order valence-electron chi connectivity index (χ1n) is 5.92. The Kier molecular flexibility index (Phi) is 5.67. The monoisotopic (exact) mass is 276 g/mol. The van der Waals surface area contributed by atoms with E-state index in [1.165, 1.54) is 21.0 Å². The lowest BCUT2D eigenvalue weighted by molar-refractivity contribution is -0.241. The van der Waals surface area contributed by atoms with Gasteiger partial charge in [0.1, 0.15) is 18.2 Å². The van der Waals surface area contributed by atoms with Crippen LogP contribution in [0.1, 0.15) is 13.8 Å². The predicted molar refractivity (Wildman–Crippen MR) is 64.0 cm³/mol. The molecule has 0 spiro atoms. The van der Waals surface area contributed by atoms with Crippen LogP contribution in [0.2, 0.25) is 0 Å². The van der Waals surface area contributed by atoms with Gasteiger partial charge >= 0.3 is 0 Å². The first kappa shape index (κ1) is 15.8. The molecule has 110 valence electrons. The normalized spacial score (nSPS) is 34.7. The molecular formula is C11H20N2O6. The van der Waals surface area contributed by atoms with Gasteiger partial charge in [0, 0.05) is 21.0 Å². The van der Waals surface area contributed by atoms with Crippen LogP contribution in [0.25, 0.3) is 0 Å². The number of carbonyl (C=O) groups excluding carboxylic acids is 2. The van der Waals surface area contributed by atoms with Gasteiger partial charge in [-0.1, -0.05) is 0 Å². The average molecular weight is 276 g/mol. The first-order chi connectivity index (χ1) is 8.90. The molecule has 5 atom stereocenters. The molecule has 1 fully saturated rings. The fourth-order valence-electron chi connectivity index (χ4n) is 2.11. The molecule has 2 amide bonds. The smallest absolute Gasteiger partial charge is 0.217 e. The van der Waals surface area contributed by atoms with Gasteiger partial charge in [0.2, 0.25) is 11.8 Å². The SMILES string of the molecule is CO[C@@H]1O[C@H](CO)[C@@H](O)[C@H](NC(C)=O)[C@H]1NC(C)=O. The zero-order valence-electron chi connectivity index (χ0n) is 11.1. The third-order valence-corrected chi connectivity index (χ3v) is 2.89. The van der Waals surface area contributed by atoms with Crippen molar-refractivity contribution in [3.05, 3.63) is 0 Å². The van der Waals surface area contributed by atoms with Gasteiger partial charge in [-0.2, -0.15) is 0 Å². The minimum Gasteiger partial charge on any atom is -0.394 e. The lowest BCUT2D eigenvalue weighted by atomic mass is 9.94. The molecule has 0 radical (unpaired) electrons. The summed E-state index contributed by atoms with van der Waals surface area (Å²) < 4.78 is 10.4. The van der Waals surface area contributed by atoms with Gasteiger partial charge in [-0.3, -0.25) is 9.59 Å². The average Bonchev–Trinajstić information content (AvgIpc) is 2.33. The highest BCUT2D eigenvalue weighted by Crippen LogP contribution is 2.21. The second kappa shape index (κ2) is 6.80. The van der Waals surface area contributed by atoms with Crippen LogP contribution in [-0.2, 0) is 19.1 Å². The third kappa shape index (κ3) is 3.87. The Labute approximate surface area is 111 Å². The highest BCUT2D eigenvalue weighted by Gasteiger charge is 2.46. The summed E-state index contributed by atoms with van der Waals surface area (Å²) in [4.78, 5) is 22.4. The zero-order valence-corrected chi connectivity index (χ0v) is 11.1. The van der Waals surface area contributed by atoms with Crippen LogP contribution in [0.4, 0.5) is 0 Å². The van der Waals surface area contributed by atoms with Crippen LogP contribution in [-0.4, -0.2) is 66.3 Å². The summed E-state index contributed by atoms with van der Waals surface area (Å²) in [5.74, 6) is -0.714. The van der Waals surface area contributed by atoms with Gasteiger partial charge in [-0.05, 0) is 0 Å². The standard InChI is InChI=1S/C11H20N2O6/c1-5(15)12-8-9(13-6(2)16)11(18-3)19-7(4-14)10(8)17/h7-11,14,17H,4H2,1-3H3,(H,12,15)(H,13,16)/t7-,8-,9-,10-,11-/m1/s1. The Balaban J connectivity index is 2.96. The minimum atomic E-state index is -1.16. The van der Waals surface area contributed by atoms with E-state index in [1.54, 1.807) is 0 Å². The second-order valence-electron chi connectivity index (χ2n) is 4.40. The number of amides is 2. The second-order valence-corrected chi connectivity index (χ2v) is 4.40. The number of aliphatic hydroxyl groups is 2. The van der Waals surface area contributed by atoms with Crippen LogP contribution >= 0.6 is 0 Å². The predicted octanol–water partition coefficient (Wildman–Crippen LogP) is -2.28. The van der Waals surface area contributed by atoms with E-state index < -0.39 is 37.2 Å². The molecule has 0 aliphatic carbocycles. The summed E-state index contributed by atoms with van der Waals surface area (Å²) in [6, 6.07) is -1.55. The molecule has 8 nitrogen and oxygen atoms in total. The van der Waals surface area contributed by atoms with E-state index in [0.717, 1.165) is 0 Å². The fraction of sp³-hybridized carbons (Fsp3) is 0.818. The van der Waals surface area contributed by atoms with Crippen molar-refractivity contribution in [1.82, 2.24) is 10.6 Å². The van der Waals surface area contributed by atoms with Crippen LogP contribution < -0.4 is 10.6 Å². The zero-order chi connectivity index (χ0) is 14.6. The fourth-order valence-corrected chi connectivity index (χ4v) is 2.11. The highest BCUT2D eigenvalue weighted by molar-refractivity contribution is 5.75. The summed E-state index contributed by atoms with van der Waals surface area (Å²) in [7, 11) is 1.37. The van der Waals surface area contributed by atoms with Crippen LogP contribution in [0.3, 0.4) is 0 Å². The van der Waals surface area contributed by atoms with Crippen molar-refractivity contribution in [2.24, 2.45) is 0 Å². The molecule has 0 aromatic rings. The topological polar surface area (TPSA) is 117 Å². The Hall–Kier alpha value is -1.22. The number of methoxy groups -OCH3 is 1. The van der Waals surface area contributed by atoms with Crippen molar-refractivity contribution >= 4 is 11.8 Å². The molecule has 1 aliphatic rings. The maximum absolute atomic E-state index is 11.2.